The standard InChI is InChI=1S/C18H19NO3S/c1-13(20)19-11-3-4-16-12-15(7-10-18(16)19)14-5-8-17(9-6-14)23(2,21)22/h5-10,12H,3-4,11H2,1-2H3. The van der Waals surface area contributed by atoms with Crippen molar-refractivity contribution < 1.29 is 13.2 Å². The van der Waals surface area contributed by atoms with Gasteiger partial charge in [0.15, 0.2) is 9.84 Å². The van der Waals surface area contributed by atoms with Crippen LogP contribution in [0.25, 0.3) is 11.1 Å². The third-order valence-electron chi connectivity index (χ3n) is 4.19. The van der Waals surface area contributed by atoms with E-state index < -0.39 is 9.84 Å². The summed E-state index contributed by atoms with van der Waals surface area (Å²) in [6.45, 7) is 2.36. The Morgan fingerprint density at radius 2 is 1.70 bits per heavy atom. The molecule has 0 saturated carbocycles. The molecule has 1 aliphatic heterocycles. The second-order valence-electron chi connectivity index (χ2n) is 5.91. The molecule has 0 fully saturated rings. The first-order chi connectivity index (χ1) is 10.9. The van der Waals surface area contributed by atoms with Crippen molar-refractivity contribution in [2.45, 2.75) is 24.7 Å². The van der Waals surface area contributed by atoms with Gasteiger partial charge in [-0.1, -0.05) is 18.2 Å². The van der Waals surface area contributed by atoms with Crippen molar-refractivity contribution in [3.63, 3.8) is 0 Å². The zero-order valence-corrected chi connectivity index (χ0v) is 14.1. The van der Waals surface area contributed by atoms with Crippen LogP contribution in [0.1, 0.15) is 18.9 Å². The van der Waals surface area contributed by atoms with Crippen LogP contribution in [0.5, 0.6) is 0 Å². The Kier molecular flexibility index (Phi) is 3.98. The van der Waals surface area contributed by atoms with E-state index >= 15 is 0 Å². The van der Waals surface area contributed by atoms with E-state index in [2.05, 4.69) is 6.07 Å². The van der Waals surface area contributed by atoms with Crippen LogP contribution < -0.4 is 4.90 Å². The van der Waals surface area contributed by atoms with Gasteiger partial charge in [0, 0.05) is 25.4 Å². The van der Waals surface area contributed by atoms with Crippen molar-refractivity contribution >= 4 is 21.4 Å². The number of anilines is 1. The van der Waals surface area contributed by atoms with Gasteiger partial charge >= 0.3 is 0 Å². The van der Waals surface area contributed by atoms with Crippen molar-refractivity contribution in [3.8, 4) is 11.1 Å². The third-order valence-corrected chi connectivity index (χ3v) is 5.32. The number of rotatable bonds is 2. The fourth-order valence-corrected chi connectivity index (χ4v) is 3.63. The summed E-state index contributed by atoms with van der Waals surface area (Å²) in [7, 11) is -3.18. The van der Waals surface area contributed by atoms with E-state index in [0.29, 0.717) is 4.90 Å². The summed E-state index contributed by atoms with van der Waals surface area (Å²) in [6, 6.07) is 13.0. The van der Waals surface area contributed by atoms with Gasteiger partial charge in [-0.05, 0) is 53.8 Å². The molecule has 23 heavy (non-hydrogen) atoms. The average Bonchev–Trinajstić information content (AvgIpc) is 2.53. The predicted molar refractivity (Wildman–Crippen MR) is 91.3 cm³/mol. The number of aryl methyl sites for hydroxylation is 1. The minimum atomic E-state index is -3.18. The largest absolute Gasteiger partial charge is 0.312 e. The number of amides is 1. The van der Waals surface area contributed by atoms with Crippen LogP contribution in [-0.4, -0.2) is 27.1 Å². The maximum absolute atomic E-state index is 11.7. The van der Waals surface area contributed by atoms with Crippen LogP contribution in [-0.2, 0) is 21.1 Å². The molecule has 0 spiro atoms. The van der Waals surface area contributed by atoms with Crippen molar-refractivity contribution in [2.24, 2.45) is 0 Å². The highest BCUT2D eigenvalue weighted by Gasteiger charge is 2.20. The summed E-state index contributed by atoms with van der Waals surface area (Å²) in [4.78, 5) is 13.9. The minimum absolute atomic E-state index is 0.0659. The number of carbonyl (C=O) groups is 1. The van der Waals surface area contributed by atoms with Gasteiger partial charge in [0.2, 0.25) is 5.91 Å². The highest BCUT2D eigenvalue weighted by Crippen LogP contribution is 2.32. The number of nitrogens with zero attached hydrogens (tertiary/aromatic N) is 1. The van der Waals surface area contributed by atoms with Gasteiger partial charge in [-0.3, -0.25) is 4.79 Å². The number of benzene rings is 2. The molecule has 1 aliphatic rings. The van der Waals surface area contributed by atoms with Crippen LogP contribution in [0.3, 0.4) is 0 Å². The molecule has 0 N–H and O–H groups in total. The zero-order chi connectivity index (χ0) is 16.6. The first-order valence-corrected chi connectivity index (χ1v) is 9.47. The summed E-state index contributed by atoms with van der Waals surface area (Å²) in [5.41, 5.74) is 4.16. The van der Waals surface area contributed by atoms with Gasteiger partial charge in [-0.25, -0.2) is 8.42 Å². The number of fused-ring (bicyclic) bond motifs is 1. The maximum Gasteiger partial charge on any atom is 0.223 e. The molecule has 1 heterocycles. The molecular weight excluding hydrogens is 310 g/mol. The Labute approximate surface area is 136 Å². The number of hydrogen-bond acceptors (Lipinski definition) is 3. The Hall–Kier alpha value is -2.14. The van der Waals surface area contributed by atoms with Gasteiger partial charge < -0.3 is 4.90 Å². The quantitative estimate of drug-likeness (QED) is 0.851. The van der Waals surface area contributed by atoms with Crippen molar-refractivity contribution in [1.82, 2.24) is 0 Å². The summed E-state index contributed by atoms with van der Waals surface area (Å²) < 4.78 is 23.1. The topological polar surface area (TPSA) is 54.5 Å². The Morgan fingerprint density at radius 3 is 2.30 bits per heavy atom. The second-order valence-corrected chi connectivity index (χ2v) is 7.93. The molecule has 2 aromatic rings. The van der Waals surface area contributed by atoms with Crippen LogP contribution >= 0.6 is 0 Å². The highest BCUT2D eigenvalue weighted by atomic mass is 32.2. The third kappa shape index (κ3) is 3.15. The monoisotopic (exact) mass is 329 g/mol. The van der Waals surface area contributed by atoms with Crippen molar-refractivity contribution in [1.29, 1.82) is 0 Å². The number of carbonyl (C=O) groups excluding carboxylic acids is 1. The zero-order valence-electron chi connectivity index (χ0n) is 13.2. The smallest absolute Gasteiger partial charge is 0.223 e. The fourth-order valence-electron chi connectivity index (χ4n) is 3.00. The molecule has 3 rings (SSSR count). The molecule has 0 unspecified atom stereocenters. The molecular formula is C18H19NO3S. The van der Waals surface area contributed by atoms with Gasteiger partial charge in [-0.15, -0.1) is 0 Å². The van der Waals surface area contributed by atoms with Crippen molar-refractivity contribution in [2.75, 3.05) is 17.7 Å². The van der Waals surface area contributed by atoms with Crippen LogP contribution in [0, 0.1) is 0 Å². The van der Waals surface area contributed by atoms with E-state index in [1.54, 1.807) is 19.1 Å². The van der Waals surface area contributed by atoms with Crippen LogP contribution in [0.15, 0.2) is 47.4 Å². The molecule has 0 aromatic heterocycles. The lowest BCUT2D eigenvalue weighted by atomic mass is 9.96. The maximum atomic E-state index is 11.7. The van der Waals surface area contributed by atoms with Crippen LogP contribution in [0.2, 0.25) is 0 Å². The molecule has 5 heteroatoms. The Bertz CT molecular complexity index is 854. The van der Waals surface area contributed by atoms with Crippen LogP contribution in [0.4, 0.5) is 5.69 Å². The molecule has 0 bridgehead atoms. The second kappa shape index (κ2) is 5.81. The van der Waals surface area contributed by atoms with E-state index in [-0.39, 0.29) is 5.91 Å². The number of sulfone groups is 1. The van der Waals surface area contributed by atoms with Gasteiger partial charge in [0.05, 0.1) is 4.90 Å². The average molecular weight is 329 g/mol. The fraction of sp³-hybridized carbons (Fsp3) is 0.278. The molecule has 0 atom stereocenters. The van der Waals surface area contributed by atoms with Gasteiger partial charge in [0.1, 0.15) is 0 Å². The SMILES string of the molecule is CC(=O)N1CCCc2cc(-c3ccc(S(C)(=O)=O)cc3)ccc21. The lowest BCUT2D eigenvalue weighted by Gasteiger charge is -2.29. The number of hydrogen-bond donors (Lipinski definition) is 0. The molecule has 0 aliphatic carbocycles. The summed E-state index contributed by atoms with van der Waals surface area (Å²) in [6.07, 6.45) is 3.12. The highest BCUT2D eigenvalue weighted by molar-refractivity contribution is 7.90. The summed E-state index contributed by atoms with van der Waals surface area (Å²) in [5, 5.41) is 0. The molecule has 120 valence electrons. The predicted octanol–water partition coefficient (Wildman–Crippen LogP) is 3.06. The molecule has 4 nitrogen and oxygen atoms in total. The van der Waals surface area contributed by atoms with Gasteiger partial charge in [-0.2, -0.15) is 0 Å². The summed E-state index contributed by atoms with van der Waals surface area (Å²) in [5.74, 6) is 0.0659. The molecule has 0 radical (unpaired) electrons. The normalized spacial score (nSPS) is 14.4. The summed E-state index contributed by atoms with van der Waals surface area (Å²) >= 11 is 0. The van der Waals surface area contributed by atoms with E-state index in [1.807, 2.05) is 29.2 Å². The minimum Gasteiger partial charge on any atom is -0.312 e. The van der Waals surface area contributed by atoms with E-state index in [4.69, 9.17) is 0 Å². The Morgan fingerprint density at radius 1 is 1.04 bits per heavy atom. The first kappa shape index (κ1) is 15.7. The molecule has 2 aromatic carbocycles. The van der Waals surface area contributed by atoms with E-state index in [0.717, 1.165) is 41.8 Å². The van der Waals surface area contributed by atoms with E-state index in [1.165, 1.54) is 6.26 Å². The lowest BCUT2D eigenvalue weighted by Crippen LogP contribution is -2.33. The van der Waals surface area contributed by atoms with Gasteiger partial charge in [0.25, 0.3) is 0 Å². The first-order valence-electron chi connectivity index (χ1n) is 7.58. The molecule has 0 saturated heterocycles. The molecule has 1 amide bonds. The lowest BCUT2D eigenvalue weighted by molar-refractivity contribution is -0.116. The van der Waals surface area contributed by atoms with Crippen molar-refractivity contribution in [3.05, 3.63) is 48.0 Å². The van der Waals surface area contributed by atoms with E-state index in [9.17, 15) is 13.2 Å². The Balaban J connectivity index is 1.97.